The van der Waals surface area contributed by atoms with E-state index in [4.69, 9.17) is 4.74 Å². The second-order valence-electron chi connectivity index (χ2n) is 4.13. The molecule has 2 N–H and O–H groups in total. The number of rotatable bonds is 3. The molecule has 0 radical (unpaired) electrons. The molecule has 0 bridgehead atoms. The second-order valence-corrected chi connectivity index (χ2v) is 5.11. The molecule has 3 rings (SSSR count). The monoisotopic (exact) mass is 270 g/mol. The minimum absolute atomic E-state index is 0.844. The van der Waals surface area contributed by atoms with Gasteiger partial charge in [-0.1, -0.05) is 6.07 Å². The van der Waals surface area contributed by atoms with Crippen LogP contribution in [-0.4, -0.2) is 7.11 Å². The summed E-state index contributed by atoms with van der Waals surface area (Å²) in [5, 5.41) is 8.71. The van der Waals surface area contributed by atoms with Crippen molar-refractivity contribution in [1.29, 1.82) is 0 Å². The Labute approximate surface area is 116 Å². The smallest absolute Gasteiger partial charge is 0.121 e. The maximum atomic E-state index is 5.23. The third-order valence-electron chi connectivity index (χ3n) is 2.86. The van der Waals surface area contributed by atoms with Gasteiger partial charge in [-0.05, 0) is 35.7 Å². The number of allylic oxidation sites excluding steroid dienone is 1. The Morgan fingerprint density at radius 3 is 2.89 bits per heavy atom. The zero-order valence-corrected chi connectivity index (χ0v) is 11.3. The van der Waals surface area contributed by atoms with Crippen LogP contribution in [0.4, 0.5) is 11.4 Å². The quantitative estimate of drug-likeness (QED) is 0.879. The van der Waals surface area contributed by atoms with Gasteiger partial charge in [0.1, 0.15) is 5.75 Å². The minimum Gasteiger partial charge on any atom is -0.497 e. The summed E-state index contributed by atoms with van der Waals surface area (Å²) in [5.41, 5.74) is 3.09. The molecule has 19 heavy (non-hydrogen) atoms. The Hall–Kier alpha value is -2.20. The van der Waals surface area contributed by atoms with Gasteiger partial charge in [-0.3, -0.25) is 0 Å². The fourth-order valence-corrected chi connectivity index (χ4v) is 2.49. The van der Waals surface area contributed by atoms with Gasteiger partial charge in [0.2, 0.25) is 0 Å². The molecule has 0 unspecified atom stereocenters. The number of hydrogen-bond acceptors (Lipinski definition) is 4. The highest BCUT2D eigenvalue weighted by atomic mass is 32.1. The topological polar surface area (TPSA) is 33.3 Å². The molecule has 0 spiro atoms. The molecule has 4 heteroatoms. The van der Waals surface area contributed by atoms with Crippen molar-refractivity contribution in [1.82, 2.24) is 0 Å². The average Bonchev–Trinajstić information content (AvgIpc) is 2.97. The van der Waals surface area contributed by atoms with E-state index in [2.05, 4.69) is 34.2 Å². The van der Waals surface area contributed by atoms with Crippen LogP contribution in [0.5, 0.6) is 5.75 Å². The van der Waals surface area contributed by atoms with Crippen LogP contribution >= 0.6 is 11.3 Å². The minimum atomic E-state index is 0.844. The zero-order valence-electron chi connectivity index (χ0n) is 10.5. The van der Waals surface area contributed by atoms with E-state index in [0.29, 0.717) is 0 Å². The largest absolute Gasteiger partial charge is 0.497 e. The molecular formula is C15H14N2OS. The SMILES string of the molecule is COc1ccc2c(c1)NC(C=Cc1cccs1)=CN2. The van der Waals surface area contributed by atoms with Crippen LogP contribution in [0, 0.1) is 0 Å². The summed E-state index contributed by atoms with van der Waals surface area (Å²) in [5.74, 6) is 0.844. The lowest BCUT2D eigenvalue weighted by Crippen LogP contribution is -2.08. The van der Waals surface area contributed by atoms with Crippen LogP contribution in [0.2, 0.25) is 0 Å². The number of thiophene rings is 1. The van der Waals surface area contributed by atoms with Gasteiger partial charge in [0.15, 0.2) is 0 Å². The van der Waals surface area contributed by atoms with Gasteiger partial charge < -0.3 is 15.4 Å². The third-order valence-corrected chi connectivity index (χ3v) is 3.70. The molecular weight excluding hydrogens is 256 g/mol. The molecule has 2 aromatic rings. The molecule has 0 atom stereocenters. The van der Waals surface area contributed by atoms with Crippen LogP contribution in [0.3, 0.4) is 0 Å². The molecule has 0 amide bonds. The number of nitrogens with one attached hydrogen (secondary N) is 2. The van der Waals surface area contributed by atoms with E-state index in [1.165, 1.54) is 4.88 Å². The molecule has 0 saturated carbocycles. The number of ether oxygens (including phenoxy) is 1. The molecule has 2 heterocycles. The predicted molar refractivity (Wildman–Crippen MR) is 81.7 cm³/mol. The Bertz CT molecular complexity index is 630. The molecule has 0 fully saturated rings. The summed E-state index contributed by atoms with van der Waals surface area (Å²) < 4.78 is 5.23. The van der Waals surface area contributed by atoms with Crippen LogP contribution in [0.1, 0.15) is 4.88 Å². The van der Waals surface area contributed by atoms with Crippen molar-refractivity contribution in [3.05, 3.63) is 58.6 Å². The van der Waals surface area contributed by atoms with Crippen molar-refractivity contribution in [3.8, 4) is 5.75 Å². The molecule has 1 aliphatic rings. The molecule has 0 aliphatic carbocycles. The van der Waals surface area contributed by atoms with E-state index >= 15 is 0 Å². The van der Waals surface area contributed by atoms with Gasteiger partial charge in [0, 0.05) is 17.1 Å². The Morgan fingerprint density at radius 1 is 1.16 bits per heavy atom. The second kappa shape index (κ2) is 5.20. The molecule has 1 aliphatic heterocycles. The summed E-state index contributed by atoms with van der Waals surface area (Å²) in [6.45, 7) is 0. The number of hydrogen-bond donors (Lipinski definition) is 2. The van der Waals surface area contributed by atoms with Crippen LogP contribution in [0.25, 0.3) is 6.08 Å². The fraction of sp³-hybridized carbons (Fsp3) is 0.0667. The first-order chi connectivity index (χ1) is 9.35. The van der Waals surface area contributed by atoms with Crippen LogP contribution < -0.4 is 15.4 Å². The molecule has 0 saturated heterocycles. The van der Waals surface area contributed by atoms with Gasteiger partial charge in [-0.25, -0.2) is 0 Å². The first-order valence-corrected chi connectivity index (χ1v) is 6.86. The van der Waals surface area contributed by atoms with Crippen molar-refractivity contribution >= 4 is 28.8 Å². The molecule has 1 aromatic carbocycles. The first kappa shape index (κ1) is 11.9. The van der Waals surface area contributed by atoms with E-state index in [0.717, 1.165) is 22.8 Å². The summed E-state index contributed by atoms with van der Waals surface area (Å²) >= 11 is 1.72. The standard InChI is InChI=1S/C15H14N2OS/c1-18-12-5-7-14-15(9-12)17-11(10-16-14)4-6-13-3-2-8-19-13/h2-10,16-17H,1H3. The van der Waals surface area contributed by atoms with Crippen molar-refractivity contribution in [3.63, 3.8) is 0 Å². The first-order valence-electron chi connectivity index (χ1n) is 5.98. The Morgan fingerprint density at radius 2 is 2.11 bits per heavy atom. The van der Waals surface area contributed by atoms with Gasteiger partial charge >= 0.3 is 0 Å². The number of fused-ring (bicyclic) bond motifs is 1. The number of benzene rings is 1. The maximum Gasteiger partial charge on any atom is 0.121 e. The highest BCUT2D eigenvalue weighted by Crippen LogP contribution is 2.31. The van der Waals surface area contributed by atoms with Crippen molar-refractivity contribution in [2.24, 2.45) is 0 Å². The highest BCUT2D eigenvalue weighted by molar-refractivity contribution is 7.10. The van der Waals surface area contributed by atoms with Crippen LogP contribution in [0.15, 0.2) is 53.7 Å². The van der Waals surface area contributed by atoms with E-state index in [9.17, 15) is 0 Å². The number of methoxy groups -OCH3 is 1. The fourth-order valence-electron chi connectivity index (χ4n) is 1.87. The van der Waals surface area contributed by atoms with Gasteiger partial charge in [-0.2, -0.15) is 0 Å². The van der Waals surface area contributed by atoms with Crippen molar-refractivity contribution in [2.75, 3.05) is 17.7 Å². The lowest BCUT2D eigenvalue weighted by Gasteiger charge is -2.19. The number of anilines is 2. The van der Waals surface area contributed by atoms with Crippen LogP contribution in [-0.2, 0) is 0 Å². The average molecular weight is 270 g/mol. The van der Waals surface area contributed by atoms with Crippen molar-refractivity contribution < 1.29 is 4.74 Å². The summed E-state index contributed by atoms with van der Waals surface area (Å²) in [4.78, 5) is 1.24. The molecule has 1 aromatic heterocycles. The normalized spacial score (nSPS) is 13.4. The van der Waals surface area contributed by atoms with E-state index in [1.807, 2.05) is 30.5 Å². The van der Waals surface area contributed by atoms with Gasteiger partial charge in [-0.15, -0.1) is 11.3 Å². The Kier molecular flexibility index (Phi) is 3.25. The third kappa shape index (κ3) is 2.63. The summed E-state index contributed by atoms with van der Waals surface area (Å²) in [6, 6.07) is 10.1. The van der Waals surface area contributed by atoms with E-state index in [-0.39, 0.29) is 0 Å². The maximum absolute atomic E-state index is 5.23. The lowest BCUT2D eigenvalue weighted by molar-refractivity contribution is 0.415. The Balaban J connectivity index is 1.78. The van der Waals surface area contributed by atoms with Crippen molar-refractivity contribution in [2.45, 2.75) is 0 Å². The highest BCUT2D eigenvalue weighted by Gasteiger charge is 2.08. The predicted octanol–water partition coefficient (Wildman–Crippen LogP) is 4.15. The summed E-state index contributed by atoms with van der Waals surface area (Å²) in [7, 11) is 1.67. The molecule has 96 valence electrons. The van der Waals surface area contributed by atoms with E-state index in [1.54, 1.807) is 18.4 Å². The van der Waals surface area contributed by atoms with Gasteiger partial charge in [0.25, 0.3) is 0 Å². The zero-order chi connectivity index (χ0) is 13.1. The summed E-state index contributed by atoms with van der Waals surface area (Å²) in [6.07, 6.45) is 6.11. The van der Waals surface area contributed by atoms with Gasteiger partial charge in [0.05, 0.1) is 24.2 Å². The van der Waals surface area contributed by atoms with E-state index < -0.39 is 0 Å². The lowest BCUT2D eigenvalue weighted by atomic mass is 10.2. The molecule has 3 nitrogen and oxygen atoms in total.